The van der Waals surface area contributed by atoms with E-state index in [2.05, 4.69) is 53.7 Å². The zero-order chi connectivity index (χ0) is 30.2. The molecule has 42 heavy (non-hydrogen) atoms. The number of aromatic nitrogens is 4. The molecule has 2 aliphatic rings. The van der Waals surface area contributed by atoms with Crippen LogP contribution in [0, 0.1) is 29.6 Å². The normalized spacial score (nSPS) is 19.1. The van der Waals surface area contributed by atoms with Gasteiger partial charge in [0.2, 0.25) is 11.8 Å². The maximum Gasteiger partial charge on any atom is 0.407 e. The van der Waals surface area contributed by atoms with E-state index in [-0.39, 0.29) is 30.3 Å². The van der Waals surface area contributed by atoms with Crippen LogP contribution in [0.5, 0.6) is 0 Å². The third-order valence-electron chi connectivity index (χ3n) is 7.36. The molecule has 0 aliphatic carbocycles. The van der Waals surface area contributed by atoms with Gasteiger partial charge in [0.15, 0.2) is 0 Å². The highest BCUT2D eigenvalue weighted by Gasteiger charge is 2.36. The van der Waals surface area contributed by atoms with Gasteiger partial charge in [-0.05, 0) is 56.3 Å². The van der Waals surface area contributed by atoms with Gasteiger partial charge in [-0.3, -0.25) is 14.4 Å². The Hall–Kier alpha value is -4.78. The van der Waals surface area contributed by atoms with E-state index in [4.69, 9.17) is 4.74 Å². The van der Waals surface area contributed by atoms with E-state index < -0.39 is 24.0 Å². The molecule has 0 bridgehead atoms. The van der Waals surface area contributed by atoms with Crippen molar-refractivity contribution in [1.29, 1.82) is 0 Å². The number of alkyl carbamates (subject to hydrolysis) is 1. The van der Waals surface area contributed by atoms with Crippen molar-refractivity contribution in [2.75, 3.05) is 27.3 Å². The summed E-state index contributed by atoms with van der Waals surface area (Å²) in [5, 5.41) is 2.51. The lowest BCUT2D eigenvalue weighted by Gasteiger charge is -2.26. The molecule has 0 aromatic carbocycles. The van der Waals surface area contributed by atoms with Crippen LogP contribution in [0.1, 0.15) is 81.1 Å². The van der Waals surface area contributed by atoms with Crippen molar-refractivity contribution in [1.82, 2.24) is 35.1 Å². The summed E-state index contributed by atoms with van der Waals surface area (Å²) >= 11 is 0. The number of nitrogens with zero attached hydrogens (tertiary/aromatic N) is 4. The Morgan fingerprint density at radius 3 is 1.93 bits per heavy atom. The average molecular weight is 578 g/mol. The number of imidazole rings is 2. The number of rotatable bonds is 7. The van der Waals surface area contributed by atoms with Crippen LogP contribution in [-0.2, 0) is 23.9 Å². The second kappa shape index (κ2) is 13.7. The SMILES string of the molecule is COC(=O)C[C@@H](C)C(=O)N1CCC[C@H]1c1ncc(C#CC#Cc2cnc([C@@H]3CCCN3C(=O)[C@H](C)NC(=O)OC)[nH]2)[nH]1. The van der Waals surface area contributed by atoms with Crippen LogP contribution in [0.15, 0.2) is 12.4 Å². The second-order valence-electron chi connectivity index (χ2n) is 10.3. The molecule has 4 heterocycles. The van der Waals surface area contributed by atoms with Gasteiger partial charge in [-0.15, -0.1) is 0 Å². The summed E-state index contributed by atoms with van der Waals surface area (Å²) in [6, 6.07) is -1.17. The zero-order valence-electron chi connectivity index (χ0n) is 24.2. The number of carbonyl (C=O) groups excluding carboxylic acids is 4. The van der Waals surface area contributed by atoms with Crippen LogP contribution >= 0.6 is 0 Å². The fourth-order valence-corrected chi connectivity index (χ4v) is 5.22. The molecule has 4 rings (SSSR count). The summed E-state index contributed by atoms with van der Waals surface area (Å²) in [4.78, 5) is 67.6. The summed E-state index contributed by atoms with van der Waals surface area (Å²) < 4.78 is 9.28. The minimum atomic E-state index is -0.724. The van der Waals surface area contributed by atoms with Crippen LogP contribution in [-0.4, -0.2) is 87.0 Å². The van der Waals surface area contributed by atoms with E-state index in [0.717, 1.165) is 25.7 Å². The number of carbonyl (C=O) groups is 4. The van der Waals surface area contributed by atoms with Crippen LogP contribution in [0.3, 0.4) is 0 Å². The van der Waals surface area contributed by atoms with E-state index in [1.807, 2.05) is 0 Å². The Balaban J connectivity index is 1.36. The predicted molar refractivity (Wildman–Crippen MR) is 149 cm³/mol. The van der Waals surface area contributed by atoms with Gasteiger partial charge in [-0.25, -0.2) is 14.8 Å². The highest BCUT2D eigenvalue weighted by atomic mass is 16.5. The van der Waals surface area contributed by atoms with Crippen molar-refractivity contribution >= 4 is 23.9 Å². The molecule has 13 nitrogen and oxygen atoms in total. The summed E-state index contributed by atoms with van der Waals surface area (Å²) in [7, 11) is 2.56. The van der Waals surface area contributed by atoms with Gasteiger partial charge in [0, 0.05) is 19.0 Å². The Morgan fingerprint density at radius 1 is 0.905 bits per heavy atom. The van der Waals surface area contributed by atoms with Crippen LogP contribution < -0.4 is 5.32 Å². The van der Waals surface area contributed by atoms with Crippen LogP contribution in [0.25, 0.3) is 0 Å². The third-order valence-corrected chi connectivity index (χ3v) is 7.36. The van der Waals surface area contributed by atoms with Crippen LogP contribution in [0.4, 0.5) is 4.79 Å². The summed E-state index contributed by atoms with van der Waals surface area (Å²) in [6.45, 7) is 4.51. The molecule has 0 radical (unpaired) electrons. The molecule has 222 valence electrons. The summed E-state index contributed by atoms with van der Waals surface area (Å²) in [5.41, 5.74) is 1.13. The minimum absolute atomic E-state index is 0.0364. The third kappa shape index (κ3) is 7.10. The quantitative estimate of drug-likeness (QED) is 0.331. The van der Waals surface area contributed by atoms with E-state index in [1.165, 1.54) is 14.2 Å². The number of H-pyrrole nitrogens is 2. The second-order valence-corrected chi connectivity index (χ2v) is 10.3. The van der Waals surface area contributed by atoms with Crippen molar-refractivity contribution < 1.29 is 28.7 Å². The molecule has 2 aromatic rings. The maximum atomic E-state index is 12.9. The molecule has 2 saturated heterocycles. The Bertz CT molecular complexity index is 1330. The number of nitrogens with one attached hydrogen (secondary N) is 3. The number of esters is 1. The summed E-state index contributed by atoms with van der Waals surface area (Å²) in [6.07, 6.45) is 5.76. The maximum absolute atomic E-state index is 12.9. The van der Waals surface area contributed by atoms with E-state index in [1.54, 1.807) is 36.0 Å². The van der Waals surface area contributed by atoms with E-state index >= 15 is 0 Å². The van der Waals surface area contributed by atoms with Crippen LogP contribution in [0.2, 0.25) is 0 Å². The smallest absolute Gasteiger partial charge is 0.407 e. The molecule has 2 fully saturated rings. The number of hydrogen-bond acceptors (Lipinski definition) is 8. The highest BCUT2D eigenvalue weighted by molar-refractivity contribution is 5.86. The lowest BCUT2D eigenvalue weighted by atomic mass is 10.1. The molecule has 4 atom stereocenters. The first-order chi connectivity index (χ1) is 20.2. The Labute approximate surface area is 244 Å². The number of aromatic amines is 2. The van der Waals surface area contributed by atoms with Crippen molar-refractivity contribution in [2.24, 2.45) is 5.92 Å². The monoisotopic (exact) mass is 577 g/mol. The first kappa shape index (κ1) is 30.2. The van der Waals surface area contributed by atoms with E-state index in [0.29, 0.717) is 36.1 Å². The van der Waals surface area contributed by atoms with Gasteiger partial charge < -0.3 is 34.6 Å². The molecule has 0 spiro atoms. The molecular weight excluding hydrogens is 542 g/mol. The number of methoxy groups -OCH3 is 2. The van der Waals surface area contributed by atoms with Gasteiger partial charge in [-0.2, -0.15) is 0 Å². The topological polar surface area (TPSA) is 163 Å². The van der Waals surface area contributed by atoms with Crippen molar-refractivity contribution in [3.63, 3.8) is 0 Å². The number of hydrogen-bond donors (Lipinski definition) is 3. The van der Waals surface area contributed by atoms with Gasteiger partial charge in [-0.1, -0.05) is 6.92 Å². The molecule has 2 aromatic heterocycles. The molecule has 3 N–H and O–H groups in total. The standard InChI is InChI=1S/C29H35N7O6/c1-18(15-24(37)41-3)27(38)35-13-7-11-22(35)25-30-16-20(33-25)9-5-6-10-21-17-31-26(34-21)23-12-8-14-36(23)28(39)19(2)32-29(40)42-4/h16-19,22-23H,7-8,11-15H2,1-4H3,(H,30,33)(H,31,34)(H,32,40)/t18-,19+,22+,23+/m1/s1. The predicted octanol–water partition coefficient (Wildman–Crippen LogP) is 1.81. The molecular formula is C29H35N7O6. The average Bonchev–Trinajstić information content (AvgIpc) is 3.80. The first-order valence-corrected chi connectivity index (χ1v) is 13.9. The van der Waals surface area contributed by atoms with E-state index in [9.17, 15) is 19.2 Å². The Morgan fingerprint density at radius 2 is 1.43 bits per heavy atom. The number of likely N-dealkylation sites (tertiary alicyclic amines) is 2. The van der Waals surface area contributed by atoms with Gasteiger partial charge in [0.1, 0.15) is 29.1 Å². The van der Waals surface area contributed by atoms with Gasteiger partial charge >= 0.3 is 12.1 Å². The summed E-state index contributed by atoms with van der Waals surface area (Å²) in [5.74, 6) is 11.5. The van der Waals surface area contributed by atoms with Crippen molar-refractivity contribution in [3.05, 3.63) is 35.4 Å². The van der Waals surface area contributed by atoms with Gasteiger partial charge in [0.05, 0.1) is 45.1 Å². The minimum Gasteiger partial charge on any atom is -0.469 e. The fourth-order valence-electron chi connectivity index (χ4n) is 5.22. The molecule has 3 amide bonds. The highest BCUT2D eigenvalue weighted by Crippen LogP contribution is 2.32. The zero-order valence-corrected chi connectivity index (χ0v) is 24.2. The Kier molecular flexibility index (Phi) is 9.86. The number of ether oxygens (including phenoxy) is 2. The lowest BCUT2D eigenvalue weighted by Crippen LogP contribution is -2.46. The fraction of sp³-hybridized carbons (Fsp3) is 0.517. The molecule has 2 aliphatic heterocycles. The van der Waals surface area contributed by atoms with Crippen molar-refractivity contribution in [3.8, 4) is 23.7 Å². The molecule has 0 saturated carbocycles. The molecule has 13 heteroatoms. The largest absolute Gasteiger partial charge is 0.469 e. The number of amides is 3. The molecule has 0 unspecified atom stereocenters. The first-order valence-electron chi connectivity index (χ1n) is 13.9. The van der Waals surface area contributed by atoms with Gasteiger partial charge in [0.25, 0.3) is 0 Å². The van der Waals surface area contributed by atoms with Crippen molar-refractivity contribution in [2.45, 2.75) is 64.1 Å². The lowest BCUT2D eigenvalue weighted by molar-refractivity contribution is -0.146.